The van der Waals surface area contributed by atoms with Crippen molar-refractivity contribution in [1.29, 1.82) is 0 Å². The number of hydrogen-bond donors (Lipinski definition) is 2. The minimum Gasteiger partial charge on any atom is -0.464 e. The molecule has 0 unspecified atom stereocenters. The van der Waals surface area contributed by atoms with Gasteiger partial charge in [0, 0.05) is 24.9 Å². The zero-order valence-electron chi connectivity index (χ0n) is 26.1. The van der Waals surface area contributed by atoms with Crippen molar-refractivity contribution in [2.75, 3.05) is 33.7 Å². The van der Waals surface area contributed by atoms with Crippen LogP contribution in [0.1, 0.15) is 46.1 Å². The highest BCUT2D eigenvalue weighted by atomic mass is 32.2. The molecule has 0 saturated carbocycles. The Bertz CT molecular complexity index is 1440. The second kappa shape index (κ2) is 15.5. The molecule has 0 aliphatic rings. The molecule has 0 radical (unpaired) electrons. The summed E-state index contributed by atoms with van der Waals surface area (Å²) in [7, 11) is -0.547. The first-order valence-electron chi connectivity index (χ1n) is 14.8. The predicted molar refractivity (Wildman–Crippen MR) is 167 cm³/mol. The average Bonchev–Trinajstić information content (AvgIpc) is 3.42. The maximum atomic E-state index is 14.0. The summed E-state index contributed by atoms with van der Waals surface area (Å²) in [5.41, 5.74) is 4.15. The summed E-state index contributed by atoms with van der Waals surface area (Å²) in [6.07, 6.45) is 1.30. The molecule has 11 heteroatoms. The SMILES string of the molecule is CC[C@H](C)CC(=O)N(NC(=O)CN(C)C)[C@@H](Cc1ccccc1)[C@H](O)CN(CC(C)C)S(=O)(=O)c1ccc2occc2c1. The Balaban J connectivity index is 2.02. The molecule has 1 aromatic heterocycles. The Hall–Kier alpha value is -3.25. The Morgan fingerprint density at radius 2 is 1.70 bits per heavy atom. The largest absolute Gasteiger partial charge is 0.464 e. The summed E-state index contributed by atoms with van der Waals surface area (Å²) < 4.78 is 34.6. The summed E-state index contributed by atoms with van der Waals surface area (Å²) in [5.74, 6) is -0.751. The van der Waals surface area contributed by atoms with Crippen LogP contribution in [0.5, 0.6) is 0 Å². The van der Waals surface area contributed by atoms with Crippen LogP contribution in [0.3, 0.4) is 0 Å². The highest BCUT2D eigenvalue weighted by Gasteiger charge is 2.36. The van der Waals surface area contributed by atoms with Gasteiger partial charge >= 0.3 is 0 Å². The van der Waals surface area contributed by atoms with Gasteiger partial charge in [0.1, 0.15) is 5.58 Å². The van der Waals surface area contributed by atoms with E-state index >= 15 is 0 Å². The van der Waals surface area contributed by atoms with Gasteiger partial charge in [-0.1, -0.05) is 64.4 Å². The van der Waals surface area contributed by atoms with Gasteiger partial charge in [-0.2, -0.15) is 4.31 Å². The Morgan fingerprint density at radius 1 is 1.00 bits per heavy atom. The van der Waals surface area contributed by atoms with E-state index in [1.54, 1.807) is 37.2 Å². The lowest BCUT2D eigenvalue weighted by Crippen LogP contribution is -2.60. The lowest BCUT2D eigenvalue weighted by Gasteiger charge is -2.37. The predicted octanol–water partition coefficient (Wildman–Crippen LogP) is 3.91. The first-order chi connectivity index (χ1) is 20.3. The lowest BCUT2D eigenvalue weighted by molar-refractivity contribution is -0.148. The number of carbonyl (C=O) groups is 2. The molecule has 236 valence electrons. The minimum absolute atomic E-state index is 0.0333. The molecule has 0 aliphatic heterocycles. The van der Waals surface area contributed by atoms with Crippen LogP contribution in [0.2, 0.25) is 0 Å². The van der Waals surface area contributed by atoms with E-state index in [1.165, 1.54) is 21.6 Å². The lowest BCUT2D eigenvalue weighted by atomic mass is 9.98. The number of benzene rings is 2. The molecule has 0 aliphatic carbocycles. The number of carbonyl (C=O) groups excluding carboxylic acids is 2. The molecule has 43 heavy (non-hydrogen) atoms. The van der Waals surface area contributed by atoms with Crippen molar-refractivity contribution in [3.05, 3.63) is 66.4 Å². The molecule has 3 rings (SSSR count). The van der Waals surface area contributed by atoms with Gasteiger partial charge in [-0.05, 0) is 62.2 Å². The fourth-order valence-corrected chi connectivity index (χ4v) is 6.50. The standard InChI is InChI=1S/C32H46N4O6S/c1-7-24(4)17-32(39)36(33-31(38)22-34(5)6)28(18-25-11-9-8-10-12-25)29(37)21-35(20-23(2)3)43(40,41)27-13-14-30-26(19-27)15-16-42-30/h8-16,19,23-24,28-29,37H,7,17-18,20-22H2,1-6H3,(H,33,38)/t24-,28-,29+/m0/s1. The smallest absolute Gasteiger partial charge is 0.252 e. The van der Waals surface area contributed by atoms with Gasteiger partial charge < -0.3 is 14.4 Å². The average molecular weight is 615 g/mol. The molecule has 2 N–H and O–H groups in total. The van der Waals surface area contributed by atoms with E-state index in [2.05, 4.69) is 5.43 Å². The van der Waals surface area contributed by atoms with Crippen molar-refractivity contribution in [3.63, 3.8) is 0 Å². The molecule has 2 amide bonds. The third kappa shape index (κ3) is 9.62. The van der Waals surface area contributed by atoms with Crippen LogP contribution in [0.4, 0.5) is 0 Å². The second-order valence-corrected chi connectivity index (χ2v) is 13.9. The second-order valence-electron chi connectivity index (χ2n) is 11.9. The van der Waals surface area contributed by atoms with E-state index < -0.39 is 28.1 Å². The number of fused-ring (bicyclic) bond motifs is 1. The van der Waals surface area contributed by atoms with E-state index in [1.807, 2.05) is 58.0 Å². The van der Waals surface area contributed by atoms with Gasteiger partial charge in [-0.15, -0.1) is 0 Å². The van der Waals surface area contributed by atoms with E-state index in [0.29, 0.717) is 11.0 Å². The fraction of sp³-hybridized carbons (Fsp3) is 0.500. The first-order valence-corrected chi connectivity index (χ1v) is 16.2. The number of hydrazine groups is 1. The monoisotopic (exact) mass is 614 g/mol. The summed E-state index contributed by atoms with van der Waals surface area (Å²) >= 11 is 0. The van der Waals surface area contributed by atoms with Gasteiger partial charge in [0.15, 0.2) is 0 Å². The van der Waals surface area contributed by atoms with Gasteiger partial charge in [0.2, 0.25) is 15.9 Å². The molecule has 1 heterocycles. The molecule has 0 saturated heterocycles. The zero-order chi connectivity index (χ0) is 31.7. The van der Waals surface area contributed by atoms with Crippen molar-refractivity contribution in [2.24, 2.45) is 11.8 Å². The number of aliphatic hydroxyl groups excluding tert-OH is 1. The third-order valence-electron chi connectivity index (χ3n) is 7.28. The highest BCUT2D eigenvalue weighted by Crippen LogP contribution is 2.25. The summed E-state index contributed by atoms with van der Waals surface area (Å²) in [6, 6.07) is 14.8. The fourth-order valence-electron chi connectivity index (χ4n) is 4.85. The Morgan fingerprint density at radius 3 is 2.33 bits per heavy atom. The van der Waals surface area contributed by atoms with Crippen molar-refractivity contribution >= 4 is 32.8 Å². The summed E-state index contributed by atoms with van der Waals surface area (Å²) in [4.78, 5) is 28.4. The van der Waals surface area contributed by atoms with Gasteiger partial charge in [-0.25, -0.2) is 13.4 Å². The van der Waals surface area contributed by atoms with E-state index in [4.69, 9.17) is 4.42 Å². The van der Waals surface area contributed by atoms with E-state index in [-0.39, 0.29) is 55.1 Å². The molecule has 3 atom stereocenters. The zero-order valence-corrected chi connectivity index (χ0v) is 26.9. The molecule has 2 aromatic carbocycles. The highest BCUT2D eigenvalue weighted by molar-refractivity contribution is 7.89. The van der Waals surface area contributed by atoms with Crippen molar-refractivity contribution in [2.45, 2.75) is 64.0 Å². The molecular formula is C32H46N4O6S. The molecule has 0 fully saturated rings. The van der Waals surface area contributed by atoms with E-state index in [9.17, 15) is 23.1 Å². The van der Waals surface area contributed by atoms with Gasteiger partial charge in [0.25, 0.3) is 5.91 Å². The number of amides is 2. The maximum absolute atomic E-state index is 14.0. The van der Waals surface area contributed by atoms with Crippen LogP contribution in [-0.2, 0) is 26.0 Å². The third-order valence-corrected chi connectivity index (χ3v) is 9.11. The van der Waals surface area contributed by atoms with Crippen LogP contribution in [0.15, 0.2) is 70.2 Å². The van der Waals surface area contributed by atoms with Crippen LogP contribution in [-0.4, -0.2) is 85.4 Å². The number of rotatable bonds is 15. The maximum Gasteiger partial charge on any atom is 0.252 e. The van der Waals surface area contributed by atoms with Gasteiger partial charge in [-0.3, -0.25) is 15.0 Å². The topological polar surface area (TPSA) is 123 Å². The number of aliphatic hydroxyl groups is 1. The first kappa shape index (κ1) is 34.2. The number of nitrogens with one attached hydrogen (secondary N) is 1. The molecular weight excluding hydrogens is 568 g/mol. The molecule has 10 nitrogen and oxygen atoms in total. The summed E-state index contributed by atoms with van der Waals surface area (Å²) in [5, 5.41) is 13.7. The van der Waals surface area contributed by atoms with Crippen LogP contribution >= 0.6 is 0 Å². The van der Waals surface area contributed by atoms with Crippen LogP contribution < -0.4 is 5.43 Å². The van der Waals surface area contributed by atoms with Crippen molar-refractivity contribution in [3.8, 4) is 0 Å². The van der Waals surface area contributed by atoms with E-state index in [0.717, 1.165) is 12.0 Å². The minimum atomic E-state index is -4.04. The number of sulfonamides is 1. The van der Waals surface area contributed by atoms with Gasteiger partial charge in [0.05, 0.1) is 29.8 Å². The number of hydrogen-bond acceptors (Lipinski definition) is 7. The van der Waals surface area contributed by atoms with Crippen molar-refractivity contribution in [1.82, 2.24) is 19.6 Å². The molecule has 0 spiro atoms. The molecule has 3 aromatic rings. The quantitative estimate of drug-likeness (QED) is 0.249. The normalized spacial score (nSPS) is 14.3. The Kier molecular flexibility index (Phi) is 12.3. The Labute approximate surface area is 255 Å². The van der Waals surface area contributed by atoms with Crippen LogP contribution in [0, 0.1) is 11.8 Å². The van der Waals surface area contributed by atoms with Crippen molar-refractivity contribution < 1.29 is 27.5 Å². The molecule has 0 bridgehead atoms. The van der Waals surface area contributed by atoms with Crippen LogP contribution in [0.25, 0.3) is 11.0 Å². The number of nitrogens with zero attached hydrogens (tertiary/aromatic N) is 3. The number of likely N-dealkylation sites (N-methyl/N-ethyl adjacent to an activating group) is 1. The summed E-state index contributed by atoms with van der Waals surface area (Å²) in [6.45, 7) is 7.64. The number of furan rings is 1.